The Balaban J connectivity index is 2.23. The third-order valence-corrected chi connectivity index (χ3v) is 2.71. The topological polar surface area (TPSA) is 29.5 Å². The van der Waals surface area contributed by atoms with E-state index in [4.69, 9.17) is 4.74 Å². The van der Waals surface area contributed by atoms with E-state index in [-0.39, 0.29) is 5.56 Å². The molecule has 2 aromatic carbocycles. The van der Waals surface area contributed by atoms with Crippen LogP contribution in [0.5, 0.6) is 5.75 Å². The Bertz CT molecular complexity index is 508. The molecule has 2 aromatic rings. The number of aliphatic hydroxyl groups is 1. The first-order chi connectivity index (χ1) is 8.72. The van der Waals surface area contributed by atoms with Crippen molar-refractivity contribution in [3.8, 4) is 5.75 Å². The quantitative estimate of drug-likeness (QED) is 0.896. The first-order valence-corrected chi connectivity index (χ1v) is 5.87. The molecule has 0 fully saturated rings. The van der Waals surface area contributed by atoms with Gasteiger partial charge in [-0.1, -0.05) is 30.3 Å². The molecule has 0 aliphatic heterocycles. The number of halogens is 1. The van der Waals surface area contributed by atoms with E-state index < -0.39 is 11.9 Å². The van der Waals surface area contributed by atoms with Crippen molar-refractivity contribution in [3.05, 3.63) is 65.5 Å². The van der Waals surface area contributed by atoms with E-state index >= 15 is 0 Å². The third-order valence-electron chi connectivity index (χ3n) is 2.71. The van der Waals surface area contributed by atoms with Gasteiger partial charge in [0.05, 0.1) is 6.61 Å². The Morgan fingerprint density at radius 2 is 1.78 bits per heavy atom. The SMILES string of the molecule is CCOc1ccc([C@H](O)c2ccccc2F)cc1. The largest absolute Gasteiger partial charge is 0.494 e. The molecule has 0 saturated heterocycles. The van der Waals surface area contributed by atoms with Crippen LogP contribution >= 0.6 is 0 Å². The Morgan fingerprint density at radius 1 is 1.11 bits per heavy atom. The van der Waals surface area contributed by atoms with Crippen LogP contribution in [-0.4, -0.2) is 11.7 Å². The van der Waals surface area contributed by atoms with E-state index in [0.29, 0.717) is 12.2 Å². The number of aliphatic hydroxyl groups excluding tert-OH is 1. The van der Waals surface area contributed by atoms with E-state index in [2.05, 4.69) is 0 Å². The van der Waals surface area contributed by atoms with E-state index in [0.717, 1.165) is 5.75 Å². The van der Waals surface area contributed by atoms with Crippen molar-refractivity contribution in [2.75, 3.05) is 6.61 Å². The molecule has 18 heavy (non-hydrogen) atoms. The van der Waals surface area contributed by atoms with E-state index in [1.54, 1.807) is 42.5 Å². The van der Waals surface area contributed by atoms with Gasteiger partial charge < -0.3 is 9.84 Å². The maximum absolute atomic E-state index is 13.5. The number of hydrogen-bond donors (Lipinski definition) is 1. The minimum absolute atomic E-state index is 0.279. The normalized spacial score (nSPS) is 12.2. The first-order valence-electron chi connectivity index (χ1n) is 5.87. The molecule has 0 unspecified atom stereocenters. The average molecular weight is 246 g/mol. The molecule has 0 spiro atoms. The molecule has 0 amide bonds. The number of benzene rings is 2. The predicted octanol–water partition coefficient (Wildman–Crippen LogP) is 3.31. The van der Waals surface area contributed by atoms with Gasteiger partial charge in [0.15, 0.2) is 0 Å². The van der Waals surface area contributed by atoms with Crippen LogP contribution in [0.3, 0.4) is 0 Å². The fourth-order valence-corrected chi connectivity index (χ4v) is 1.79. The zero-order chi connectivity index (χ0) is 13.0. The lowest BCUT2D eigenvalue weighted by Crippen LogP contribution is -2.02. The Kier molecular flexibility index (Phi) is 3.95. The average Bonchev–Trinajstić information content (AvgIpc) is 2.40. The molecule has 3 heteroatoms. The molecular weight excluding hydrogens is 231 g/mol. The van der Waals surface area contributed by atoms with Gasteiger partial charge in [-0.25, -0.2) is 4.39 Å². The summed E-state index contributed by atoms with van der Waals surface area (Å²) in [6.45, 7) is 2.50. The van der Waals surface area contributed by atoms with Crippen LogP contribution in [-0.2, 0) is 0 Å². The molecule has 94 valence electrons. The molecule has 2 rings (SSSR count). The van der Waals surface area contributed by atoms with E-state index in [1.807, 2.05) is 6.92 Å². The summed E-state index contributed by atoms with van der Waals surface area (Å²) in [5, 5.41) is 10.1. The summed E-state index contributed by atoms with van der Waals surface area (Å²) in [5.74, 6) is 0.334. The molecule has 0 aromatic heterocycles. The van der Waals surface area contributed by atoms with Gasteiger partial charge in [0.1, 0.15) is 17.7 Å². The summed E-state index contributed by atoms with van der Waals surface area (Å²) in [6.07, 6.45) is -0.957. The lowest BCUT2D eigenvalue weighted by Gasteiger charge is -2.13. The molecule has 0 aliphatic rings. The van der Waals surface area contributed by atoms with Crippen molar-refractivity contribution in [1.29, 1.82) is 0 Å². The highest BCUT2D eigenvalue weighted by Crippen LogP contribution is 2.25. The second-order valence-corrected chi connectivity index (χ2v) is 3.93. The van der Waals surface area contributed by atoms with E-state index in [1.165, 1.54) is 6.07 Å². The highest BCUT2D eigenvalue weighted by atomic mass is 19.1. The Morgan fingerprint density at radius 3 is 2.39 bits per heavy atom. The van der Waals surface area contributed by atoms with E-state index in [9.17, 15) is 9.50 Å². The van der Waals surface area contributed by atoms with Crippen LogP contribution < -0.4 is 4.74 Å². The van der Waals surface area contributed by atoms with Gasteiger partial charge in [-0.3, -0.25) is 0 Å². The van der Waals surface area contributed by atoms with Crippen molar-refractivity contribution in [3.63, 3.8) is 0 Å². The Labute approximate surface area is 106 Å². The van der Waals surface area contributed by atoms with Gasteiger partial charge in [0.2, 0.25) is 0 Å². The minimum Gasteiger partial charge on any atom is -0.494 e. The van der Waals surface area contributed by atoms with Crippen molar-refractivity contribution < 1.29 is 14.2 Å². The molecule has 2 nitrogen and oxygen atoms in total. The maximum Gasteiger partial charge on any atom is 0.129 e. The molecule has 1 N–H and O–H groups in total. The summed E-state index contributed by atoms with van der Waals surface area (Å²) < 4.78 is 18.9. The molecular formula is C15H15FO2. The highest BCUT2D eigenvalue weighted by molar-refractivity contribution is 5.34. The summed E-state index contributed by atoms with van der Waals surface area (Å²) in [4.78, 5) is 0. The van der Waals surface area contributed by atoms with Gasteiger partial charge in [0, 0.05) is 5.56 Å². The van der Waals surface area contributed by atoms with Crippen molar-refractivity contribution in [1.82, 2.24) is 0 Å². The second-order valence-electron chi connectivity index (χ2n) is 3.93. The summed E-state index contributed by atoms with van der Waals surface area (Å²) in [6, 6.07) is 13.2. The minimum atomic E-state index is -0.957. The zero-order valence-corrected chi connectivity index (χ0v) is 10.1. The van der Waals surface area contributed by atoms with Crippen LogP contribution in [0.1, 0.15) is 24.2 Å². The smallest absolute Gasteiger partial charge is 0.129 e. The number of ether oxygens (including phenoxy) is 1. The molecule has 0 saturated carbocycles. The second kappa shape index (κ2) is 5.65. The number of rotatable bonds is 4. The van der Waals surface area contributed by atoms with Gasteiger partial charge in [-0.05, 0) is 30.7 Å². The molecule has 0 radical (unpaired) electrons. The van der Waals surface area contributed by atoms with Gasteiger partial charge >= 0.3 is 0 Å². The fraction of sp³-hybridized carbons (Fsp3) is 0.200. The first kappa shape index (κ1) is 12.6. The van der Waals surface area contributed by atoms with Gasteiger partial charge in [-0.15, -0.1) is 0 Å². The molecule has 0 bridgehead atoms. The summed E-state index contributed by atoms with van der Waals surface area (Å²) in [5.41, 5.74) is 0.921. The summed E-state index contributed by atoms with van der Waals surface area (Å²) in [7, 11) is 0. The predicted molar refractivity (Wildman–Crippen MR) is 68.1 cm³/mol. The standard InChI is InChI=1S/C15H15FO2/c1-2-18-12-9-7-11(8-10-12)15(17)13-5-3-4-6-14(13)16/h3-10,15,17H,2H2,1H3/t15-/m0/s1. The van der Waals surface area contributed by atoms with Crippen molar-refractivity contribution in [2.45, 2.75) is 13.0 Å². The number of hydrogen-bond acceptors (Lipinski definition) is 2. The fourth-order valence-electron chi connectivity index (χ4n) is 1.79. The van der Waals surface area contributed by atoms with Crippen molar-refractivity contribution >= 4 is 0 Å². The lowest BCUT2D eigenvalue weighted by molar-refractivity contribution is 0.215. The van der Waals surface area contributed by atoms with Crippen LogP contribution in [0, 0.1) is 5.82 Å². The maximum atomic E-state index is 13.5. The third kappa shape index (κ3) is 2.68. The van der Waals surface area contributed by atoms with Crippen molar-refractivity contribution in [2.24, 2.45) is 0 Å². The van der Waals surface area contributed by atoms with Crippen LogP contribution in [0.4, 0.5) is 4.39 Å². The molecule has 0 aliphatic carbocycles. The Hall–Kier alpha value is -1.87. The highest BCUT2D eigenvalue weighted by Gasteiger charge is 2.14. The molecule has 1 atom stereocenters. The zero-order valence-electron chi connectivity index (χ0n) is 10.1. The monoisotopic (exact) mass is 246 g/mol. The van der Waals surface area contributed by atoms with Crippen LogP contribution in [0.25, 0.3) is 0 Å². The van der Waals surface area contributed by atoms with Gasteiger partial charge in [-0.2, -0.15) is 0 Å². The molecule has 0 heterocycles. The van der Waals surface area contributed by atoms with Crippen LogP contribution in [0.15, 0.2) is 48.5 Å². The van der Waals surface area contributed by atoms with Gasteiger partial charge in [0.25, 0.3) is 0 Å². The summed E-state index contributed by atoms with van der Waals surface area (Å²) >= 11 is 0. The lowest BCUT2D eigenvalue weighted by atomic mass is 10.0. The van der Waals surface area contributed by atoms with Crippen LogP contribution in [0.2, 0.25) is 0 Å².